The van der Waals surface area contributed by atoms with Gasteiger partial charge in [0.1, 0.15) is 17.6 Å². The Bertz CT molecular complexity index is 453. The second-order valence-electron chi connectivity index (χ2n) is 4.36. The molecule has 7 heteroatoms. The fraction of sp³-hybridized carbons (Fsp3) is 0.500. The maximum absolute atomic E-state index is 13.8. The minimum atomic E-state index is -2.77. The average Bonchev–Trinajstić information content (AvgIpc) is 2.39. The molecular weight excluding hydrogens is 325 g/mol. The van der Waals surface area contributed by atoms with Gasteiger partial charge in [-0.3, -0.25) is 4.90 Å². The van der Waals surface area contributed by atoms with Crippen molar-refractivity contribution in [1.82, 2.24) is 10.2 Å². The van der Waals surface area contributed by atoms with Crippen LogP contribution in [0.25, 0.3) is 0 Å². The second-order valence-corrected chi connectivity index (χ2v) is 5.21. The van der Waals surface area contributed by atoms with Crippen LogP contribution < -0.4 is 5.32 Å². The van der Waals surface area contributed by atoms with Crippen molar-refractivity contribution >= 4 is 15.9 Å². The molecule has 1 fully saturated rings. The Balaban J connectivity index is 2.41. The number of alkyl halides is 2. The summed E-state index contributed by atoms with van der Waals surface area (Å²) in [4.78, 5) is 1.49. The number of rotatable bonds is 3. The molecule has 0 radical (unpaired) electrons. The van der Waals surface area contributed by atoms with Crippen molar-refractivity contribution in [2.24, 2.45) is 0 Å². The van der Waals surface area contributed by atoms with Gasteiger partial charge >= 0.3 is 0 Å². The Morgan fingerprint density at radius 1 is 1.26 bits per heavy atom. The van der Waals surface area contributed by atoms with Gasteiger partial charge in [0.25, 0.3) is 6.43 Å². The molecule has 1 aromatic rings. The van der Waals surface area contributed by atoms with E-state index in [0.717, 1.165) is 6.07 Å². The Morgan fingerprint density at radius 3 is 2.47 bits per heavy atom. The summed E-state index contributed by atoms with van der Waals surface area (Å²) < 4.78 is 40.7. The molecule has 1 aromatic carbocycles. The summed E-state index contributed by atoms with van der Waals surface area (Å²) >= 11 is 3.03. The lowest BCUT2D eigenvalue weighted by atomic mass is 10.0. The normalized spacial score (nSPS) is 18.8. The summed E-state index contributed by atoms with van der Waals surface area (Å²) in [5.74, 6) is -1.27. The summed E-state index contributed by atoms with van der Waals surface area (Å²) in [6.45, 7) is 1.92. The van der Waals surface area contributed by atoms with E-state index >= 15 is 0 Å². The predicted octanol–water partition coefficient (Wildman–Crippen LogP) is 2.51. The van der Waals surface area contributed by atoms with Gasteiger partial charge in [0.2, 0.25) is 0 Å². The maximum Gasteiger partial charge on any atom is 0.258 e. The highest BCUT2D eigenvalue weighted by Crippen LogP contribution is 2.39. The molecule has 1 aliphatic heterocycles. The highest BCUT2D eigenvalue weighted by atomic mass is 79.9. The van der Waals surface area contributed by atoms with Gasteiger partial charge < -0.3 is 10.4 Å². The molecule has 2 N–H and O–H groups in total. The lowest BCUT2D eigenvalue weighted by molar-refractivity contribution is 0.0151. The summed E-state index contributed by atoms with van der Waals surface area (Å²) in [5.41, 5.74) is -0.341. The molecule has 0 aromatic heterocycles. The number of halogens is 4. The molecule has 1 saturated heterocycles. The molecule has 0 saturated carbocycles. The Kier molecular flexibility index (Phi) is 4.70. The number of hydrogen-bond donors (Lipinski definition) is 2. The number of hydrogen-bond acceptors (Lipinski definition) is 3. The number of nitrogens with one attached hydrogen (secondary N) is 1. The van der Waals surface area contributed by atoms with Gasteiger partial charge in [-0.25, -0.2) is 13.2 Å². The molecule has 3 nitrogen and oxygen atoms in total. The van der Waals surface area contributed by atoms with E-state index in [-0.39, 0.29) is 10.0 Å². The zero-order chi connectivity index (χ0) is 14.0. The van der Waals surface area contributed by atoms with Crippen LogP contribution in [-0.2, 0) is 0 Å². The van der Waals surface area contributed by atoms with E-state index < -0.39 is 24.0 Å². The largest absolute Gasteiger partial charge is 0.506 e. The molecule has 1 aliphatic rings. The number of piperazine rings is 1. The summed E-state index contributed by atoms with van der Waals surface area (Å²) in [6, 6.07) is 0.949. The zero-order valence-corrected chi connectivity index (χ0v) is 11.6. The van der Waals surface area contributed by atoms with Crippen molar-refractivity contribution in [3.63, 3.8) is 0 Å². The number of benzene rings is 1. The Hall–Kier alpha value is -0.790. The predicted molar refractivity (Wildman–Crippen MR) is 69.0 cm³/mol. The van der Waals surface area contributed by atoms with Crippen LogP contribution in [0.1, 0.15) is 11.6 Å². The third kappa shape index (κ3) is 3.04. The zero-order valence-electron chi connectivity index (χ0n) is 10.0. The van der Waals surface area contributed by atoms with E-state index in [9.17, 15) is 18.3 Å². The minimum absolute atomic E-state index is 0.213. The molecule has 1 atom stereocenters. The third-order valence-corrected chi connectivity index (χ3v) is 3.83. The highest BCUT2D eigenvalue weighted by Gasteiger charge is 2.34. The Labute approximate surface area is 117 Å². The van der Waals surface area contributed by atoms with E-state index in [0.29, 0.717) is 26.2 Å². The van der Waals surface area contributed by atoms with Gasteiger partial charge in [-0.1, -0.05) is 0 Å². The highest BCUT2D eigenvalue weighted by molar-refractivity contribution is 9.10. The van der Waals surface area contributed by atoms with Crippen LogP contribution in [0, 0.1) is 5.82 Å². The Morgan fingerprint density at radius 2 is 1.89 bits per heavy atom. The minimum Gasteiger partial charge on any atom is -0.506 e. The van der Waals surface area contributed by atoms with Gasteiger partial charge in [-0.05, 0) is 28.1 Å². The fourth-order valence-corrected chi connectivity index (χ4v) is 2.61. The van der Waals surface area contributed by atoms with Gasteiger partial charge in [-0.15, -0.1) is 0 Å². The molecule has 0 unspecified atom stereocenters. The van der Waals surface area contributed by atoms with Crippen LogP contribution in [0.4, 0.5) is 13.2 Å². The maximum atomic E-state index is 13.8. The first-order chi connectivity index (χ1) is 9.02. The quantitative estimate of drug-likeness (QED) is 0.888. The SMILES string of the molecule is Oc1c(Br)ccc(F)c1[C@H](C(F)F)N1CCNCC1. The first kappa shape index (κ1) is 14.6. The molecule has 0 aliphatic carbocycles. The van der Waals surface area contributed by atoms with Crippen molar-refractivity contribution < 1.29 is 18.3 Å². The van der Waals surface area contributed by atoms with Crippen molar-refractivity contribution in [2.75, 3.05) is 26.2 Å². The van der Waals surface area contributed by atoms with Crippen molar-refractivity contribution in [3.05, 3.63) is 28.0 Å². The summed E-state index contributed by atoms with van der Waals surface area (Å²) in [5, 5.41) is 12.9. The molecule has 1 heterocycles. The lowest BCUT2D eigenvalue weighted by Gasteiger charge is -2.35. The van der Waals surface area contributed by atoms with Gasteiger partial charge in [-0.2, -0.15) is 0 Å². The lowest BCUT2D eigenvalue weighted by Crippen LogP contribution is -2.47. The van der Waals surface area contributed by atoms with Crippen molar-refractivity contribution in [3.8, 4) is 5.75 Å². The van der Waals surface area contributed by atoms with E-state index in [4.69, 9.17) is 0 Å². The first-order valence-corrected chi connectivity index (χ1v) is 6.71. The molecule has 106 valence electrons. The van der Waals surface area contributed by atoms with Crippen LogP contribution in [0.15, 0.2) is 16.6 Å². The number of phenols is 1. The number of aromatic hydroxyl groups is 1. The van der Waals surface area contributed by atoms with E-state index in [1.165, 1.54) is 11.0 Å². The van der Waals surface area contributed by atoms with Crippen LogP contribution in [0.3, 0.4) is 0 Å². The number of phenolic OH excluding ortho intramolecular Hbond substituents is 1. The van der Waals surface area contributed by atoms with Crippen molar-refractivity contribution in [1.29, 1.82) is 0 Å². The second kappa shape index (κ2) is 6.11. The molecule has 0 spiro atoms. The topological polar surface area (TPSA) is 35.5 Å². The third-order valence-electron chi connectivity index (χ3n) is 3.19. The van der Waals surface area contributed by atoms with Gasteiger partial charge in [0, 0.05) is 26.2 Å². The van der Waals surface area contributed by atoms with Crippen molar-refractivity contribution in [2.45, 2.75) is 12.5 Å². The first-order valence-electron chi connectivity index (χ1n) is 5.92. The monoisotopic (exact) mass is 338 g/mol. The van der Waals surface area contributed by atoms with Crippen LogP contribution in [0.2, 0.25) is 0 Å². The average molecular weight is 339 g/mol. The van der Waals surface area contributed by atoms with Crippen LogP contribution >= 0.6 is 15.9 Å². The standard InChI is InChI=1S/C12H14BrF3N2O/c13-7-1-2-8(14)9(11(7)19)10(12(15)16)18-5-3-17-4-6-18/h1-2,10,12,17,19H,3-6H2/t10-/m1/s1. The molecule has 2 rings (SSSR count). The molecule has 0 bridgehead atoms. The fourth-order valence-electron chi connectivity index (χ4n) is 2.27. The number of nitrogens with zero attached hydrogens (tertiary/aromatic N) is 1. The van der Waals surface area contributed by atoms with E-state index in [1.54, 1.807) is 0 Å². The van der Waals surface area contributed by atoms with Crippen LogP contribution in [-0.4, -0.2) is 42.6 Å². The molecule has 0 amide bonds. The van der Waals surface area contributed by atoms with Gasteiger partial charge in [0.05, 0.1) is 10.0 Å². The molecule has 19 heavy (non-hydrogen) atoms. The molecular formula is C12H14BrF3N2O. The smallest absolute Gasteiger partial charge is 0.258 e. The van der Waals surface area contributed by atoms with Crippen LogP contribution in [0.5, 0.6) is 5.75 Å². The van der Waals surface area contributed by atoms with E-state index in [1.807, 2.05) is 0 Å². The van der Waals surface area contributed by atoms with Gasteiger partial charge in [0.15, 0.2) is 0 Å². The van der Waals surface area contributed by atoms with E-state index in [2.05, 4.69) is 21.2 Å². The summed E-state index contributed by atoms with van der Waals surface area (Å²) in [6.07, 6.45) is -2.77. The summed E-state index contributed by atoms with van der Waals surface area (Å²) in [7, 11) is 0.